The first-order valence-corrected chi connectivity index (χ1v) is 12.3. The fourth-order valence-corrected chi connectivity index (χ4v) is 4.90. The topological polar surface area (TPSA) is 79.0 Å². The summed E-state index contributed by atoms with van der Waals surface area (Å²) in [7, 11) is -1.54. The summed E-state index contributed by atoms with van der Waals surface area (Å²) >= 11 is 0. The highest BCUT2D eigenvalue weighted by Crippen LogP contribution is 2.24. The van der Waals surface area contributed by atoms with Gasteiger partial charge in [0.1, 0.15) is 17.9 Å². The van der Waals surface area contributed by atoms with Crippen molar-refractivity contribution in [1.82, 2.24) is 4.90 Å². The molecule has 3 rings (SSSR count). The van der Waals surface area contributed by atoms with Crippen LogP contribution in [0.2, 0.25) is 0 Å². The molecule has 0 radical (unpaired) electrons. The number of aryl methyl sites for hydroxylation is 1. The van der Waals surface area contributed by atoms with E-state index in [-0.39, 0.29) is 6.10 Å². The van der Waals surface area contributed by atoms with Gasteiger partial charge in [-0.15, -0.1) is 0 Å². The second-order valence-electron chi connectivity index (χ2n) is 8.21. The number of amides is 1. The Morgan fingerprint density at radius 1 is 1.16 bits per heavy atom. The van der Waals surface area contributed by atoms with Gasteiger partial charge in [-0.3, -0.25) is 9.10 Å². The molecule has 1 aliphatic heterocycles. The molecular weight excluding hydrogens is 414 g/mol. The van der Waals surface area contributed by atoms with E-state index in [4.69, 9.17) is 4.74 Å². The Morgan fingerprint density at radius 3 is 2.39 bits per heavy atom. The lowest BCUT2D eigenvalue weighted by Crippen LogP contribution is -2.45. The van der Waals surface area contributed by atoms with Crippen LogP contribution in [0.25, 0.3) is 0 Å². The average Bonchev–Trinajstić information content (AvgIpc) is 2.70. The lowest BCUT2D eigenvalue weighted by Gasteiger charge is -2.29. The van der Waals surface area contributed by atoms with Crippen molar-refractivity contribution in [3.8, 4) is 5.75 Å². The molecule has 8 heteroatoms. The first-order chi connectivity index (χ1) is 14.6. The number of nitrogens with zero attached hydrogens (tertiary/aromatic N) is 2. The standard InChI is InChI=1S/C23H31N3O4S/c1-17-6-5-7-20(16-17)26(31(4,28)29)18(2)23(27)24-19-8-10-21(11-9-19)30-22-12-14-25(3)15-13-22/h5-11,16,18,22H,12-15H2,1-4H3,(H,24,27)/t18-/m0/s1. The lowest BCUT2D eigenvalue weighted by molar-refractivity contribution is -0.116. The van der Waals surface area contributed by atoms with Gasteiger partial charge in [0, 0.05) is 18.8 Å². The number of piperidine rings is 1. The number of carbonyl (C=O) groups is 1. The van der Waals surface area contributed by atoms with Gasteiger partial charge in [0.2, 0.25) is 15.9 Å². The smallest absolute Gasteiger partial charge is 0.247 e. The Kier molecular flexibility index (Phi) is 7.23. The van der Waals surface area contributed by atoms with Crippen LogP contribution >= 0.6 is 0 Å². The number of anilines is 2. The van der Waals surface area contributed by atoms with Crippen molar-refractivity contribution in [3.63, 3.8) is 0 Å². The molecule has 1 fully saturated rings. The Morgan fingerprint density at radius 2 is 1.81 bits per heavy atom. The van der Waals surface area contributed by atoms with Gasteiger partial charge in [0.05, 0.1) is 11.9 Å². The molecule has 0 aromatic heterocycles. The maximum absolute atomic E-state index is 12.8. The van der Waals surface area contributed by atoms with Gasteiger partial charge in [-0.25, -0.2) is 8.42 Å². The first-order valence-electron chi connectivity index (χ1n) is 10.5. The molecule has 31 heavy (non-hydrogen) atoms. The van der Waals surface area contributed by atoms with E-state index in [2.05, 4.69) is 17.3 Å². The minimum Gasteiger partial charge on any atom is -0.490 e. The predicted octanol–water partition coefficient (Wildman–Crippen LogP) is 3.26. The maximum atomic E-state index is 12.8. The van der Waals surface area contributed by atoms with Crippen LogP contribution in [-0.2, 0) is 14.8 Å². The number of nitrogens with one attached hydrogen (secondary N) is 1. The number of hydrogen-bond donors (Lipinski definition) is 1. The molecule has 0 bridgehead atoms. The van der Waals surface area contributed by atoms with E-state index < -0.39 is 22.0 Å². The zero-order chi connectivity index (χ0) is 22.6. The van der Waals surface area contributed by atoms with Crippen molar-refractivity contribution in [2.24, 2.45) is 0 Å². The van der Waals surface area contributed by atoms with E-state index in [1.165, 1.54) is 0 Å². The fraction of sp³-hybridized carbons (Fsp3) is 0.435. The molecule has 2 aromatic rings. The normalized spacial score (nSPS) is 16.5. The molecule has 1 aliphatic rings. The second-order valence-corrected chi connectivity index (χ2v) is 10.1. The van der Waals surface area contributed by atoms with E-state index in [1.54, 1.807) is 37.3 Å². The Bertz CT molecular complexity index is 1000. The largest absolute Gasteiger partial charge is 0.490 e. The maximum Gasteiger partial charge on any atom is 0.247 e. The predicted molar refractivity (Wildman–Crippen MR) is 124 cm³/mol. The van der Waals surface area contributed by atoms with Crippen LogP contribution in [0.5, 0.6) is 5.75 Å². The zero-order valence-corrected chi connectivity index (χ0v) is 19.4. The minimum absolute atomic E-state index is 0.203. The van der Waals surface area contributed by atoms with Crippen molar-refractivity contribution in [1.29, 1.82) is 0 Å². The molecule has 1 amide bonds. The zero-order valence-electron chi connectivity index (χ0n) is 18.5. The third kappa shape index (κ3) is 6.21. The van der Waals surface area contributed by atoms with Crippen LogP contribution in [0.1, 0.15) is 25.3 Å². The Hall–Kier alpha value is -2.58. The lowest BCUT2D eigenvalue weighted by atomic mass is 10.1. The SMILES string of the molecule is Cc1cccc(N([C@@H](C)C(=O)Nc2ccc(OC3CCN(C)CC3)cc2)S(C)(=O)=O)c1. The third-order valence-electron chi connectivity index (χ3n) is 5.43. The summed E-state index contributed by atoms with van der Waals surface area (Å²) in [6, 6.07) is 13.4. The molecule has 1 N–H and O–H groups in total. The van der Waals surface area contributed by atoms with Gasteiger partial charge in [0.25, 0.3) is 0 Å². The van der Waals surface area contributed by atoms with Crippen LogP contribution in [0, 0.1) is 6.92 Å². The van der Waals surface area contributed by atoms with Crippen LogP contribution in [0.3, 0.4) is 0 Å². The number of carbonyl (C=O) groups excluding carboxylic acids is 1. The Labute approximate surface area is 185 Å². The average molecular weight is 446 g/mol. The summed E-state index contributed by atoms with van der Waals surface area (Å²) in [5, 5.41) is 2.81. The summed E-state index contributed by atoms with van der Waals surface area (Å²) in [5.41, 5.74) is 1.97. The highest BCUT2D eigenvalue weighted by molar-refractivity contribution is 7.92. The first kappa shape index (κ1) is 23.1. The van der Waals surface area contributed by atoms with Crippen molar-refractivity contribution >= 4 is 27.3 Å². The van der Waals surface area contributed by atoms with Crippen LogP contribution < -0.4 is 14.4 Å². The highest BCUT2D eigenvalue weighted by atomic mass is 32.2. The molecule has 2 aromatic carbocycles. The Balaban J connectivity index is 1.66. The van der Waals surface area contributed by atoms with Gasteiger partial charge >= 0.3 is 0 Å². The number of likely N-dealkylation sites (tertiary alicyclic amines) is 1. The van der Waals surface area contributed by atoms with E-state index in [0.717, 1.165) is 47.8 Å². The second kappa shape index (κ2) is 9.70. The molecule has 1 heterocycles. The quantitative estimate of drug-likeness (QED) is 0.708. The summed E-state index contributed by atoms with van der Waals surface area (Å²) in [6.45, 7) is 5.50. The number of sulfonamides is 1. The number of ether oxygens (including phenoxy) is 1. The van der Waals surface area contributed by atoms with E-state index in [9.17, 15) is 13.2 Å². The number of benzene rings is 2. The summed E-state index contributed by atoms with van der Waals surface area (Å²) < 4.78 is 32.0. The third-order valence-corrected chi connectivity index (χ3v) is 6.68. The van der Waals surface area contributed by atoms with E-state index >= 15 is 0 Å². The van der Waals surface area contributed by atoms with E-state index in [0.29, 0.717) is 11.4 Å². The van der Waals surface area contributed by atoms with Gasteiger partial charge in [-0.1, -0.05) is 12.1 Å². The molecule has 0 unspecified atom stereocenters. The summed E-state index contributed by atoms with van der Waals surface area (Å²) in [4.78, 5) is 15.1. The van der Waals surface area contributed by atoms with Crippen LogP contribution in [-0.4, -0.2) is 57.8 Å². The molecule has 0 aliphatic carbocycles. The number of hydrogen-bond acceptors (Lipinski definition) is 5. The van der Waals surface area contributed by atoms with Crippen molar-refractivity contribution in [2.75, 3.05) is 36.0 Å². The van der Waals surface area contributed by atoms with Gasteiger partial charge in [0.15, 0.2) is 0 Å². The van der Waals surface area contributed by atoms with E-state index in [1.807, 2.05) is 25.1 Å². The molecular formula is C23H31N3O4S. The van der Waals surface area contributed by atoms with Gasteiger partial charge in [-0.2, -0.15) is 0 Å². The highest BCUT2D eigenvalue weighted by Gasteiger charge is 2.29. The minimum atomic E-state index is -3.65. The molecule has 168 valence electrons. The van der Waals surface area contributed by atoms with Crippen molar-refractivity contribution < 1.29 is 17.9 Å². The van der Waals surface area contributed by atoms with Crippen LogP contribution in [0.15, 0.2) is 48.5 Å². The monoisotopic (exact) mass is 445 g/mol. The van der Waals surface area contributed by atoms with Crippen molar-refractivity contribution in [3.05, 3.63) is 54.1 Å². The van der Waals surface area contributed by atoms with Crippen molar-refractivity contribution in [2.45, 2.75) is 38.8 Å². The summed E-state index contributed by atoms with van der Waals surface area (Å²) in [5.74, 6) is 0.356. The fourth-order valence-electron chi connectivity index (χ4n) is 3.73. The number of rotatable bonds is 7. The molecule has 0 saturated carbocycles. The molecule has 0 spiro atoms. The molecule has 1 saturated heterocycles. The van der Waals surface area contributed by atoms with Gasteiger partial charge < -0.3 is 15.0 Å². The molecule has 1 atom stereocenters. The van der Waals surface area contributed by atoms with Crippen LogP contribution in [0.4, 0.5) is 11.4 Å². The summed E-state index contributed by atoms with van der Waals surface area (Å²) in [6.07, 6.45) is 3.29. The molecule has 7 nitrogen and oxygen atoms in total. The van der Waals surface area contributed by atoms with Gasteiger partial charge in [-0.05, 0) is 75.7 Å².